The highest BCUT2D eigenvalue weighted by Crippen LogP contribution is 2.47. The lowest BCUT2D eigenvalue weighted by Gasteiger charge is -2.29. The fourth-order valence-corrected chi connectivity index (χ4v) is 9.77. The molecular formula is C58H48N2O2. The van der Waals surface area contributed by atoms with E-state index in [0.717, 1.165) is 77.4 Å². The molecule has 2 heterocycles. The van der Waals surface area contributed by atoms with E-state index in [1.165, 1.54) is 66.7 Å². The van der Waals surface area contributed by atoms with Gasteiger partial charge in [0.25, 0.3) is 0 Å². The fourth-order valence-electron chi connectivity index (χ4n) is 9.77. The molecule has 2 aromatic heterocycles. The quantitative estimate of drug-likeness (QED) is 0.168. The maximum absolute atomic E-state index is 6.93. The Bertz CT molecular complexity index is 3400. The summed E-state index contributed by atoms with van der Waals surface area (Å²) in [5.74, 6) is 0. The SMILES string of the molecule is Cc1ccccc1N(c1ccc2cc3c(cc2c1)oc1c2oc4cc5cc(N(c6ccccc6C)c6cccc(C)c6C)ccc5cc4c2c(C)c(C)c31)c1cccc(C)c1C. The van der Waals surface area contributed by atoms with Crippen molar-refractivity contribution in [2.75, 3.05) is 9.80 Å². The molecule has 0 aliphatic rings. The van der Waals surface area contributed by atoms with Gasteiger partial charge in [-0.1, -0.05) is 72.8 Å². The second-order valence-electron chi connectivity index (χ2n) is 17.3. The van der Waals surface area contributed by atoms with Crippen molar-refractivity contribution in [3.05, 3.63) is 190 Å². The van der Waals surface area contributed by atoms with E-state index in [-0.39, 0.29) is 0 Å². The molecule has 11 rings (SSSR count). The zero-order valence-corrected chi connectivity index (χ0v) is 36.6. The van der Waals surface area contributed by atoms with Gasteiger partial charge in [0.1, 0.15) is 11.2 Å². The van der Waals surface area contributed by atoms with Crippen LogP contribution in [-0.4, -0.2) is 0 Å². The lowest BCUT2D eigenvalue weighted by molar-refractivity contribution is 0.633. The first-order valence-corrected chi connectivity index (χ1v) is 21.6. The molecular weight excluding hydrogens is 757 g/mol. The summed E-state index contributed by atoms with van der Waals surface area (Å²) in [6.45, 7) is 17.6. The minimum Gasteiger partial charge on any atom is -0.452 e. The Morgan fingerprint density at radius 3 is 1.13 bits per heavy atom. The zero-order chi connectivity index (χ0) is 42.6. The molecule has 0 radical (unpaired) electrons. The summed E-state index contributed by atoms with van der Waals surface area (Å²) in [6.07, 6.45) is 0. The van der Waals surface area contributed by atoms with E-state index in [0.29, 0.717) is 0 Å². The third kappa shape index (κ3) is 5.74. The van der Waals surface area contributed by atoms with Gasteiger partial charge in [-0.2, -0.15) is 0 Å². The van der Waals surface area contributed by atoms with Crippen molar-refractivity contribution in [3.8, 4) is 0 Å². The Balaban J connectivity index is 1.08. The molecule has 62 heavy (non-hydrogen) atoms. The summed E-state index contributed by atoms with van der Waals surface area (Å²) in [4.78, 5) is 4.78. The summed E-state index contributed by atoms with van der Waals surface area (Å²) in [7, 11) is 0. The minimum atomic E-state index is 0.798. The molecule has 0 unspecified atom stereocenters. The zero-order valence-electron chi connectivity index (χ0n) is 36.6. The number of nitrogens with zero attached hydrogens (tertiary/aromatic N) is 2. The van der Waals surface area contributed by atoms with Gasteiger partial charge in [-0.05, 0) is 194 Å². The number of hydrogen-bond donors (Lipinski definition) is 0. The van der Waals surface area contributed by atoms with Crippen LogP contribution in [0.5, 0.6) is 0 Å². The third-order valence-electron chi connectivity index (χ3n) is 13.6. The van der Waals surface area contributed by atoms with E-state index >= 15 is 0 Å². The summed E-state index contributed by atoms with van der Waals surface area (Å²) >= 11 is 0. The normalized spacial score (nSPS) is 11.9. The van der Waals surface area contributed by atoms with Crippen LogP contribution in [0.1, 0.15) is 44.5 Å². The number of aryl methyl sites for hydroxylation is 6. The third-order valence-corrected chi connectivity index (χ3v) is 13.6. The molecule has 0 bridgehead atoms. The van der Waals surface area contributed by atoms with Crippen molar-refractivity contribution in [2.24, 2.45) is 0 Å². The summed E-state index contributed by atoms with van der Waals surface area (Å²) in [5, 5.41) is 9.00. The average Bonchev–Trinajstić information content (AvgIpc) is 3.83. The van der Waals surface area contributed by atoms with Gasteiger partial charge in [-0.15, -0.1) is 0 Å². The predicted octanol–water partition coefficient (Wildman–Crippen LogP) is 17.2. The van der Waals surface area contributed by atoms with Crippen LogP contribution in [-0.2, 0) is 0 Å². The number of fused-ring (bicyclic) bond motifs is 9. The molecule has 0 aliphatic heterocycles. The standard InChI is InChI=1S/C58H48N2O2/c1-33-17-13-21-51(37(33)5)59(49-19-11-9-15-35(49)3)45-25-23-41-29-47-53(31-43(41)27-45)61-57-55(47)39(7)40(8)56-48-30-42-24-26-46(28-44(42)32-54(48)62-58(56)57)60(50-20-12-10-16-36(50)4)52-22-14-18-34(2)38(52)6/h9-32H,1-8H3. The molecule has 0 atom stereocenters. The number of rotatable bonds is 6. The first-order valence-electron chi connectivity index (χ1n) is 21.6. The lowest BCUT2D eigenvalue weighted by atomic mass is 9.96. The molecule has 0 aliphatic carbocycles. The van der Waals surface area contributed by atoms with Gasteiger partial charge in [-0.25, -0.2) is 0 Å². The van der Waals surface area contributed by atoms with Gasteiger partial charge in [0.2, 0.25) is 0 Å². The Kier molecular flexibility index (Phi) is 8.59. The molecule has 0 spiro atoms. The van der Waals surface area contributed by atoms with Gasteiger partial charge in [0.15, 0.2) is 11.2 Å². The Morgan fingerprint density at radius 2 is 0.710 bits per heavy atom. The number of hydrogen-bond acceptors (Lipinski definition) is 4. The Labute approximate surface area is 362 Å². The first-order chi connectivity index (χ1) is 30.0. The van der Waals surface area contributed by atoms with E-state index < -0.39 is 0 Å². The van der Waals surface area contributed by atoms with Crippen molar-refractivity contribution in [3.63, 3.8) is 0 Å². The number of para-hydroxylation sites is 2. The van der Waals surface area contributed by atoms with Crippen molar-refractivity contribution in [1.29, 1.82) is 0 Å². The van der Waals surface area contributed by atoms with E-state index in [4.69, 9.17) is 8.83 Å². The first kappa shape index (κ1) is 37.7. The molecule has 0 amide bonds. The highest BCUT2D eigenvalue weighted by molar-refractivity contribution is 6.24. The highest BCUT2D eigenvalue weighted by atomic mass is 16.4. The maximum atomic E-state index is 6.93. The molecule has 302 valence electrons. The van der Waals surface area contributed by atoms with Gasteiger partial charge in [0, 0.05) is 55.7 Å². The van der Waals surface area contributed by atoms with Crippen molar-refractivity contribution >= 4 is 99.5 Å². The summed E-state index contributed by atoms with van der Waals surface area (Å²) in [6, 6.07) is 53.0. The van der Waals surface area contributed by atoms with Crippen molar-refractivity contribution in [1.82, 2.24) is 0 Å². The molecule has 0 saturated carbocycles. The van der Waals surface area contributed by atoms with E-state index in [1.807, 2.05) is 0 Å². The van der Waals surface area contributed by atoms with Gasteiger partial charge in [-0.3, -0.25) is 0 Å². The average molecular weight is 805 g/mol. The van der Waals surface area contributed by atoms with Gasteiger partial charge in [0.05, 0.1) is 0 Å². The highest BCUT2D eigenvalue weighted by Gasteiger charge is 2.24. The van der Waals surface area contributed by atoms with Gasteiger partial charge >= 0.3 is 0 Å². The minimum absolute atomic E-state index is 0.798. The van der Waals surface area contributed by atoms with Crippen LogP contribution in [0.2, 0.25) is 0 Å². The van der Waals surface area contributed by atoms with Gasteiger partial charge < -0.3 is 18.6 Å². The summed E-state index contributed by atoms with van der Waals surface area (Å²) < 4.78 is 13.9. The number of furan rings is 2. The fraction of sp³-hybridized carbons (Fsp3) is 0.138. The van der Waals surface area contributed by atoms with Crippen LogP contribution in [0.15, 0.2) is 154 Å². The summed E-state index contributed by atoms with van der Waals surface area (Å²) in [5.41, 5.74) is 20.1. The number of benzene rings is 9. The van der Waals surface area contributed by atoms with Crippen LogP contribution in [0.4, 0.5) is 34.1 Å². The molecule has 4 nitrogen and oxygen atoms in total. The van der Waals surface area contributed by atoms with Crippen LogP contribution in [0.3, 0.4) is 0 Å². The predicted molar refractivity (Wildman–Crippen MR) is 263 cm³/mol. The maximum Gasteiger partial charge on any atom is 0.178 e. The molecule has 9 aromatic carbocycles. The molecule has 0 N–H and O–H groups in total. The van der Waals surface area contributed by atoms with Crippen LogP contribution in [0.25, 0.3) is 65.4 Å². The van der Waals surface area contributed by atoms with Crippen LogP contribution >= 0.6 is 0 Å². The topological polar surface area (TPSA) is 32.8 Å². The van der Waals surface area contributed by atoms with Crippen LogP contribution < -0.4 is 9.80 Å². The second-order valence-corrected chi connectivity index (χ2v) is 17.3. The van der Waals surface area contributed by atoms with Crippen LogP contribution in [0, 0.1) is 55.4 Å². The lowest BCUT2D eigenvalue weighted by Crippen LogP contribution is -2.13. The van der Waals surface area contributed by atoms with Crippen molar-refractivity contribution in [2.45, 2.75) is 55.4 Å². The molecule has 11 aromatic rings. The monoisotopic (exact) mass is 804 g/mol. The second kappa shape index (κ2) is 14.1. The molecule has 4 heteroatoms. The van der Waals surface area contributed by atoms with E-state index in [1.54, 1.807) is 0 Å². The largest absolute Gasteiger partial charge is 0.452 e. The molecule has 0 saturated heterocycles. The number of anilines is 6. The Hall–Kier alpha value is -7.30. The molecule has 0 fully saturated rings. The Morgan fingerprint density at radius 1 is 0.323 bits per heavy atom. The van der Waals surface area contributed by atoms with E-state index in [9.17, 15) is 0 Å². The van der Waals surface area contributed by atoms with Crippen molar-refractivity contribution < 1.29 is 8.83 Å². The van der Waals surface area contributed by atoms with E-state index in [2.05, 4.69) is 211 Å². The smallest absolute Gasteiger partial charge is 0.178 e.